The second-order valence-corrected chi connectivity index (χ2v) is 3.19. The van der Waals surface area contributed by atoms with Gasteiger partial charge in [0.05, 0.1) is 12.2 Å². The van der Waals surface area contributed by atoms with Gasteiger partial charge in [0.25, 0.3) is 6.43 Å². The fourth-order valence-electron chi connectivity index (χ4n) is 0.912. The number of halogens is 3. The summed E-state index contributed by atoms with van der Waals surface area (Å²) in [5.41, 5.74) is -0.477. The summed E-state index contributed by atoms with van der Waals surface area (Å²) < 4.78 is 24.8. The minimum Gasteiger partial charge on any atom is -0.392 e. The molecule has 0 aliphatic rings. The maximum atomic E-state index is 12.3. The van der Waals surface area contributed by atoms with E-state index in [4.69, 9.17) is 10.4 Å². The van der Waals surface area contributed by atoms with E-state index in [2.05, 4.69) is 20.9 Å². The maximum absolute atomic E-state index is 12.3. The summed E-state index contributed by atoms with van der Waals surface area (Å²) in [6.45, 7) is -0.355. The van der Waals surface area contributed by atoms with E-state index in [-0.39, 0.29) is 16.8 Å². The first-order chi connectivity index (χ1) is 6.60. The Labute approximate surface area is 87.1 Å². The molecule has 1 aromatic rings. The van der Waals surface area contributed by atoms with Crippen LogP contribution >= 0.6 is 15.9 Å². The van der Waals surface area contributed by atoms with E-state index in [1.807, 2.05) is 0 Å². The van der Waals surface area contributed by atoms with Crippen LogP contribution in [0.5, 0.6) is 0 Å². The van der Waals surface area contributed by atoms with Crippen molar-refractivity contribution in [2.75, 3.05) is 0 Å². The molecule has 6 heteroatoms. The highest BCUT2D eigenvalue weighted by Crippen LogP contribution is 2.25. The third-order valence-electron chi connectivity index (χ3n) is 1.58. The molecule has 0 saturated carbocycles. The van der Waals surface area contributed by atoms with E-state index in [1.165, 1.54) is 6.07 Å². The third-order valence-corrected chi connectivity index (χ3v) is 2.26. The van der Waals surface area contributed by atoms with Gasteiger partial charge >= 0.3 is 0 Å². The summed E-state index contributed by atoms with van der Waals surface area (Å²) in [7, 11) is 0. The van der Waals surface area contributed by atoms with Crippen molar-refractivity contribution >= 4 is 15.9 Å². The Morgan fingerprint density at radius 3 is 2.71 bits per heavy atom. The summed E-state index contributed by atoms with van der Waals surface area (Å²) in [5.74, 6) is 0. The molecule has 1 heterocycles. The number of pyridine rings is 1. The summed E-state index contributed by atoms with van der Waals surface area (Å²) >= 11 is 2.93. The van der Waals surface area contributed by atoms with Gasteiger partial charge in [-0.05, 0) is 22.0 Å². The predicted molar refractivity (Wildman–Crippen MR) is 47.5 cm³/mol. The molecule has 0 bridgehead atoms. The average molecular weight is 263 g/mol. The van der Waals surface area contributed by atoms with Crippen molar-refractivity contribution in [1.29, 1.82) is 5.26 Å². The number of hydrogen-bond donors (Lipinski definition) is 1. The number of aromatic nitrogens is 1. The topological polar surface area (TPSA) is 56.9 Å². The van der Waals surface area contributed by atoms with E-state index in [0.29, 0.717) is 5.56 Å². The van der Waals surface area contributed by atoms with E-state index in [9.17, 15) is 8.78 Å². The first kappa shape index (κ1) is 11.0. The maximum Gasteiger partial charge on any atom is 0.281 e. The lowest BCUT2D eigenvalue weighted by molar-refractivity contribution is 0.145. The van der Waals surface area contributed by atoms with Crippen LogP contribution in [0.25, 0.3) is 0 Å². The van der Waals surface area contributed by atoms with Crippen LogP contribution in [-0.4, -0.2) is 10.1 Å². The summed E-state index contributed by atoms with van der Waals surface area (Å²) in [6.07, 6.45) is -2.80. The summed E-state index contributed by atoms with van der Waals surface area (Å²) in [4.78, 5) is 3.50. The van der Waals surface area contributed by atoms with Crippen molar-refractivity contribution in [2.24, 2.45) is 0 Å². The van der Waals surface area contributed by atoms with Gasteiger partial charge < -0.3 is 5.11 Å². The lowest BCUT2D eigenvalue weighted by Crippen LogP contribution is -2.00. The fourth-order valence-corrected chi connectivity index (χ4v) is 1.34. The Bertz CT molecular complexity index is 390. The van der Waals surface area contributed by atoms with Crippen molar-refractivity contribution < 1.29 is 13.9 Å². The molecule has 1 rings (SSSR count). The van der Waals surface area contributed by atoms with Crippen LogP contribution in [0.4, 0.5) is 8.78 Å². The van der Waals surface area contributed by atoms with Crippen LogP contribution in [0.2, 0.25) is 0 Å². The fraction of sp³-hybridized carbons (Fsp3) is 0.250. The molecule has 0 fully saturated rings. The second kappa shape index (κ2) is 4.44. The zero-order valence-corrected chi connectivity index (χ0v) is 8.42. The first-order valence-electron chi connectivity index (χ1n) is 3.58. The van der Waals surface area contributed by atoms with Gasteiger partial charge in [0.2, 0.25) is 0 Å². The van der Waals surface area contributed by atoms with E-state index < -0.39 is 12.1 Å². The molecule has 3 nitrogen and oxygen atoms in total. The first-order valence-corrected chi connectivity index (χ1v) is 4.38. The number of rotatable bonds is 2. The summed E-state index contributed by atoms with van der Waals surface area (Å²) in [5, 5.41) is 17.4. The highest BCUT2D eigenvalue weighted by atomic mass is 79.9. The van der Waals surface area contributed by atoms with Crippen LogP contribution < -0.4 is 0 Å². The zero-order chi connectivity index (χ0) is 10.7. The Hall–Kier alpha value is -1.06. The lowest BCUT2D eigenvalue weighted by Gasteiger charge is -2.05. The van der Waals surface area contributed by atoms with Crippen molar-refractivity contribution in [3.8, 4) is 6.07 Å². The highest BCUT2D eigenvalue weighted by molar-refractivity contribution is 9.10. The third kappa shape index (κ3) is 2.05. The number of hydrogen-bond acceptors (Lipinski definition) is 3. The molecule has 0 radical (unpaired) electrons. The normalized spacial score (nSPS) is 10.3. The smallest absolute Gasteiger partial charge is 0.281 e. The van der Waals surface area contributed by atoms with Gasteiger partial charge in [0.15, 0.2) is 0 Å². The average Bonchev–Trinajstić information content (AvgIpc) is 2.17. The number of aliphatic hydroxyl groups excluding tert-OH is 1. The molecule has 1 N–H and O–H groups in total. The number of nitriles is 1. The monoisotopic (exact) mass is 262 g/mol. The van der Waals surface area contributed by atoms with Crippen molar-refractivity contribution in [3.05, 3.63) is 27.5 Å². The molecular weight excluding hydrogens is 258 g/mol. The highest BCUT2D eigenvalue weighted by Gasteiger charge is 2.17. The van der Waals surface area contributed by atoms with Crippen molar-refractivity contribution in [1.82, 2.24) is 4.98 Å². The van der Waals surface area contributed by atoms with Crippen LogP contribution in [0.15, 0.2) is 10.7 Å². The molecule has 0 spiro atoms. The van der Waals surface area contributed by atoms with Gasteiger partial charge in [-0.25, -0.2) is 13.8 Å². The number of alkyl halides is 2. The predicted octanol–water partition coefficient (Wildman–Crippen LogP) is 2.15. The van der Waals surface area contributed by atoms with Gasteiger partial charge in [-0.15, -0.1) is 0 Å². The molecule has 14 heavy (non-hydrogen) atoms. The van der Waals surface area contributed by atoms with Gasteiger partial charge in [0.1, 0.15) is 16.4 Å². The van der Waals surface area contributed by atoms with Crippen molar-refractivity contribution in [3.63, 3.8) is 0 Å². The molecule has 0 atom stereocenters. The minimum absolute atomic E-state index is 0.134. The molecule has 74 valence electrons. The van der Waals surface area contributed by atoms with Gasteiger partial charge in [0, 0.05) is 5.56 Å². The molecule has 0 aliphatic heterocycles. The molecule has 0 aliphatic carbocycles. The number of aliphatic hydroxyl groups is 1. The van der Waals surface area contributed by atoms with Gasteiger partial charge in [-0.2, -0.15) is 5.26 Å². The molecule has 0 aromatic carbocycles. The van der Waals surface area contributed by atoms with Gasteiger partial charge in [-0.3, -0.25) is 0 Å². The van der Waals surface area contributed by atoms with Crippen LogP contribution in [0.1, 0.15) is 23.2 Å². The minimum atomic E-state index is -2.80. The Kier molecular flexibility index (Phi) is 3.49. The standard InChI is InChI=1S/C8H5BrF2N2O/c9-7-5(3-14)1-4(2-12)6(13-7)8(10)11/h1,8,14H,3H2. The van der Waals surface area contributed by atoms with E-state index in [0.717, 1.165) is 0 Å². The molecular formula is C8H5BrF2N2O. The SMILES string of the molecule is N#Cc1cc(CO)c(Br)nc1C(F)F. The molecule has 0 saturated heterocycles. The van der Waals surface area contributed by atoms with Crippen LogP contribution in [0.3, 0.4) is 0 Å². The Morgan fingerprint density at radius 1 is 1.64 bits per heavy atom. The molecule has 1 aromatic heterocycles. The number of nitrogens with zero attached hydrogens (tertiary/aromatic N) is 2. The van der Waals surface area contributed by atoms with Gasteiger partial charge in [-0.1, -0.05) is 0 Å². The molecule has 0 amide bonds. The van der Waals surface area contributed by atoms with E-state index in [1.54, 1.807) is 6.07 Å². The zero-order valence-electron chi connectivity index (χ0n) is 6.84. The second-order valence-electron chi connectivity index (χ2n) is 2.44. The van der Waals surface area contributed by atoms with Crippen LogP contribution in [0, 0.1) is 11.3 Å². The van der Waals surface area contributed by atoms with E-state index >= 15 is 0 Å². The quantitative estimate of drug-likeness (QED) is 0.831. The Balaban J connectivity index is 3.33. The molecule has 0 unspecified atom stereocenters. The largest absolute Gasteiger partial charge is 0.392 e. The van der Waals surface area contributed by atoms with Crippen LogP contribution in [-0.2, 0) is 6.61 Å². The summed E-state index contributed by atoms with van der Waals surface area (Å²) in [6, 6.07) is 2.80. The lowest BCUT2D eigenvalue weighted by atomic mass is 10.1. The van der Waals surface area contributed by atoms with Crippen molar-refractivity contribution in [2.45, 2.75) is 13.0 Å². The Morgan fingerprint density at radius 2 is 2.29 bits per heavy atom.